The molecule has 2 atom stereocenters. The molecule has 0 spiro atoms. The fourth-order valence-electron chi connectivity index (χ4n) is 3.95. The summed E-state index contributed by atoms with van der Waals surface area (Å²) in [6.07, 6.45) is 2.38. The van der Waals surface area contributed by atoms with E-state index < -0.39 is 0 Å². The second-order valence-electron chi connectivity index (χ2n) is 6.18. The van der Waals surface area contributed by atoms with Crippen LogP contribution in [0.2, 0.25) is 0 Å². The van der Waals surface area contributed by atoms with Crippen molar-refractivity contribution in [2.24, 2.45) is 0 Å². The Morgan fingerprint density at radius 2 is 1.05 bits per heavy atom. The van der Waals surface area contributed by atoms with Crippen LogP contribution in [0.1, 0.15) is 28.5 Å². The van der Waals surface area contributed by atoms with Crippen molar-refractivity contribution in [3.05, 3.63) is 101 Å². The highest BCUT2D eigenvalue weighted by Gasteiger charge is 2.50. The van der Waals surface area contributed by atoms with Gasteiger partial charge in [-0.25, -0.2) is 0 Å². The maximum Gasteiger partial charge on any atom is 0.0171 e. The van der Waals surface area contributed by atoms with Crippen LogP contribution in [0.15, 0.2) is 84.4 Å². The van der Waals surface area contributed by atoms with Crippen molar-refractivity contribution >= 4 is 6.08 Å². The summed E-state index contributed by atoms with van der Waals surface area (Å²) in [4.78, 5) is 0. The van der Waals surface area contributed by atoms with Gasteiger partial charge < -0.3 is 0 Å². The molecule has 1 fully saturated rings. The van der Waals surface area contributed by atoms with E-state index in [0.29, 0.717) is 11.8 Å². The van der Waals surface area contributed by atoms with E-state index in [4.69, 9.17) is 0 Å². The van der Waals surface area contributed by atoms with Gasteiger partial charge in [0.2, 0.25) is 0 Å². The van der Waals surface area contributed by atoms with Gasteiger partial charge in [-0.15, -0.1) is 0 Å². The van der Waals surface area contributed by atoms with Gasteiger partial charge >= 0.3 is 0 Å². The molecule has 3 aromatic carbocycles. The fraction of sp³-hybridized carbons (Fsp3) is 0.0909. The van der Waals surface area contributed by atoms with E-state index in [2.05, 4.69) is 84.9 Å². The Labute approximate surface area is 130 Å². The van der Waals surface area contributed by atoms with Crippen LogP contribution in [0.4, 0.5) is 0 Å². The number of fused-ring (bicyclic) bond motifs is 6. The highest BCUT2D eigenvalue weighted by molar-refractivity contribution is 5.84. The summed E-state index contributed by atoms with van der Waals surface area (Å²) in [5.74, 6) is 1.15. The van der Waals surface area contributed by atoms with Crippen molar-refractivity contribution in [1.29, 1.82) is 0 Å². The standard InChI is InChI=1S/C22H16/c1-2-8-15(9-3-1)14-20-21-18-12-6-4-10-16(18)17-11-5-7-13-19(17)22(20)21/h1-14,21-22H/i14+1. The Morgan fingerprint density at radius 3 is 1.64 bits per heavy atom. The number of benzene rings is 3. The zero-order valence-corrected chi connectivity index (χ0v) is 12.2. The number of rotatable bonds is 1. The molecule has 0 saturated heterocycles. The van der Waals surface area contributed by atoms with E-state index >= 15 is 0 Å². The molecule has 2 unspecified atom stereocenters. The molecule has 5 rings (SSSR count). The van der Waals surface area contributed by atoms with E-state index in [1.165, 1.54) is 27.8 Å². The van der Waals surface area contributed by atoms with Crippen molar-refractivity contribution in [2.75, 3.05) is 0 Å². The molecule has 0 N–H and O–H groups in total. The third-order valence-corrected chi connectivity index (χ3v) is 4.96. The van der Waals surface area contributed by atoms with E-state index in [-0.39, 0.29) is 0 Å². The molecule has 0 amide bonds. The lowest BCUT2D eigenvalue weighted by Gasteiger charge is -2.18. The second-order valence-corrected chi connectivity index (χ2v) is 6.18. The van der Waals surface area contributed by atoms with Gasteiger partial charge in [0.15, 0.2) is 0 Å². The molecule has 104 valence electrons. The van der Waals surface area contributed by atoms with Crippen LogP contribution < -0.4 is 0 Å². The summed E-state index contributed by atoms with van der Waals surface area (Å²) >= 11 is 0. The van der Waals surface area contributed by atoms with Gasteiger partial charge in [0.05, 0.1) is 0 Å². The first-order valence-electron chi connectivity index (χ1n) is 7.88. The van der Waals surface area contributed by atoms with Crippen molar-refractivity contribution in [3.63, 3.8) is 0 Å². The maximum atomic E-state index is 2.38. The minimum absolute atomic E-state index is 0.575. The van der Waals surface area contributed by atoms with Crippen LogP contribution in [-0.4, -0.2) is 0 Å². The van der Waals surface area contributed by atoms with E-state index in [9.17, 15) is 0 Å². The fourth-order valence-corrected chi connectivity index (χ4v) is 3.95. The largest absolute Gasteiger partial charge is 0.0622 e. The van der Waals surface area contributed by atoms with Gasteiger partial charge in [0.25, 0.3) is 0 Å². The molecule has 0 aliphatic heterocycles. The monoisotopic (exact) mass is 281 g/mol. The molecular weight excluding hydrogens is 265 g/mol. The van der Waals surface area contributed by atoms with Gasteiger partial charge in [-0.2, -0.15) is 0 Å². The normalized spacial score (nSPS) is 20.6. The molecule has 1 saturated carbocycles. The van der Waals surface area contributed by atoms with Gasteiger partial charge in [-0.3, -0.25) is 0 Å². The minimum atomic E-state index is 0.575. The first kappa shape index (κ1) is 12.0. The molecule has 0 bridgehead atoms. The Bertz CT molecular complexity index is 833. The summed E-state index contributed by atoms with van der Waals surface area (Å²) < 4.78 is 0. The third-order valence-electron chi connectivity index (χ3n) is 4.96. The van der Waals surface area contributed by atoms with Gasteiger partial charge in [-0.05, 0) is 27.8 Å². The van der Waals surface area contributed by atoms with E-state index in [1.54, 1.807) is 5.57 Å². The molecule has 2 aliphatic rings. The second kappa shape index (κ2) is 4.45. The van der Waals surface area contributed by atoms with Crippen LogP contribution in [0.25, 0.3) is 17.2 Å². The molecule has 0 heterocycles. The first-order valence-corrected chi connectivity index (χ1v) is 7.88. The third kappa shape index (κ3) is 1.64. The van der Waals surface area contributed by atoms with E-state index in [0.717, 1.165) is 0 Å². The molecule has 0 nitrogen and oxygen atoms in total. The minimum Gasteiger partial charge on any atom is -0.0622 e. The van der Waals surface area contributed by atoms with Crippen molar-refractivity contribution in [2.45, 2.75) is 11.8 Å². The zero-order chi connectivity index (χ0) is 14.5. The van der Waals surface area contributed by atoms with Crippen LogP contribution in [-0.2, 0) is 0 Å². The van der Waals surface area contributed by atoms with Crippen LogP contribution in [0.3, 0.4) is 0 Å². The number of hydrogen-bond donors (Lipinski definition) is 0. The molecule has 0 aromatic heterocycles. The summed E-state index contributed by atoms with van der Waals surface area (Å²) in [7, 11) is 0. The smallest absolute Gasteiger partial charge is 0.0171 e. The molecule has 3 aromatic rings. The quantitative estimate of drug-likeness (QED) is 0.507. The summed E-state index contributed by atoms with van der Waals surface area (Å²) in [6, 6.07) is 28.5. The lowest BCUT2D eigenvalue weighted by atomic mass is 9.86. The average molecular weight is 281 g/mol. The molecular formula is C22H16. The molecule has 0 radical (unpaired) electrons. The van der Waals surface area contributed by atoms with Crippen LogP contribution in [0, 0.1) is 0 Å². The topological polar surface area (TPSA) is 0 Å². The Balaban J connectivity index is 1.70. The lowest BCUT2D eigenvalue weighted by molar-refractivity contribution is 1.01. The highest BCUT2D eigenvalue weighted by atomic mass is 14.6. The summed E-state index contributed by atoms with van der Waals surface area (Å²) in [6.45, 7) is 0. The van der Waals surface area contributed by atoms with E-state index in [1.807, 2.05) is 0 Å². The number of allylic oxidation sites excluding steroid dienone is 1. The molecule has 0 heteroatoms. The van der Waals surface area contributed by atoms with Crippen molar-refractivity contribution in [3.8, 4) is 11.1 Å². The van der Waals surface area contributed by atoms with Crippen molar-refractivity contribution in [1.82, 2.24) is 0 Å². The highest BCUT2D eigenvalue weighted by Crippen LogP contribution is 2.66. The number of hydrogen-bond acceptors (Lipinski definition) is 0. The average Bonchev–Trinajstić information content (AvgIpc) is 3.30. The summed E-state index contributed by atoms with van der Waals surface area (Å²) in [5, 5.41) is 0. The van der Waals surface area contributed by atoms with Gasteiger partial charge in [0, 0.05) is 11.8 Å². The van der Waals surface area contributed by atoms with Gasteiger partial charge in [-0.1, -0.05) is 90.5 Å². The maximum absolute atomic E-state index is 2.38. The van der Waals surface area contributed by atoms with Gasteiger partial charge in [0.1, 0.15) is 0 Å². The molecule has 22 heavy (non-hydrogen) atoms. The Kier molecular flexibility index (Phi) is 2.42. The van der Waals surface area contributed by atoms with Crippen LogP contribution >= 0.6 is 0 Å². The lowest BCUT2D eigenvalue weighted by Crippen LogP contribution is -1.98. The zero-order valence-electron chi connectivity index (χ0n) is 12.2. The predicted octanol–water partition coefficient (Wildman–Crippen LogP) is 5.63. The molecule has 2 aliphatic carbocycles. The SMILES string of the molecule is c1ccc([13CH]=C2C3c4ccccc4-c4ccccc4C23)cc1. The Hall–Kier alpha value is -2.60. The predicted molar refractivity (Wildman–Crippen MR) is 91.8 cm³/mol. The Morgan fingerprint density at radius 1 is 0.545 bits per heavy atom. The summed E-state index contributed by atoms with van der Waals surface area (Å²) in [5.41, 5.74) is 8.68. The first-order chi connectivity index (χ1) is 10.9. The van der Waals surface area contributed by atoms with Crippen molar-refractivity contribution < 1.29 is 0 Å². The van der Waals surface area contributed by atoms with Crippen LogP contribution in [0.5, 0.6) is 0 Å².